The summed E-state index contributed by atoms with van der Waals surface area (Å²) in [6.07, 6.45) is -0.0143. The molecule has 0 aliphatic heterocycles. The van der Waals surface area contributed by atoms with Gasteiger partial charge in [0.2, 0.25) is 5.95 Å². The average Bonchev–Trinajstić information content (AvgIpc) is 2.43. The minimum Gasteiger partial charge on any atom is -0.348 e. The van der Waals surface area contributed by atoms with Gasteiger partial charge in [-0.05, 0) is 37.6 Å². The Hall–Kier alpha value is -2.37. The molecular weight excluding hydrogens is 281 g/mol. The second-order valence-electron chi connectivity index (χ2n) is 4.62. The summed E-state index contributed by atoms with van der Waals surface area (Å²) in [5.41, 5.74) is -0.187. The Bertz CT molecular complexity index is 641. The number of pyridine rings is 1. The van der Waals surface area contributed by atoms with Crippen molar-refractivity contribution in [3.05, 3.63) is 65.2 Å². The van der Waals surface area contributed by atoms with Gasteiger partial charge in [-0.1, -0.05) is 12.1 Å². The van der Waals surface area contributed by atoms with E-state index in [9.17, 15) is 18.0 Å². The van der Waals surface area contributed by atoms with Crippen LogP contribution in [0.1, 0.15) is 23.0 Å². The highest BCUT2D eigenvalue weighted by molar-refractivity contribution is 5.92. The quantitative estimate of drug-likeness (QED) is 0.881. The van der Waals surface area contributed by atoms with E-state index in [4.69, 9.17) is 0 Å². The van der Waals surface area contributed by atoms with Crippen LogP contribution in [0.15, 0.2) is 36.4 Å². The van der Waals surface area contributed by atoms with Gasteiger partial charge in [-0.15, -0.1) is 0 Å². The predicted octanol–water partition coefficient (Wildman–Crippen LogP) is 2.86. The van der Waals surface area contributed by atoms with Gasteiger partial charge >= 0.3 is 0 Å². The smallest absolute Gasteiger partial charge is 0.270 e. The van der Waals surface area contributed by atoms with Crippen LogP contribution in [0.25, 0.3) is 0 Å². The number of hydrogen-bond acceptors (Lipinski definition) is 2. The lowest BCUT2D eigenvalue weighted by atomic mass is 10.1. The molecule has 1 atom stereocenters. The number of nitrogens with zero attached hydrogens (tertiary/aromatic N) is 1. The number of carbonyl (C=O) groups is 1. The summed E-state index contributed by atoms with van der Waals surface area (Å²) in [5, 5.41) is 2.52. The monoisotopic (exact) mass is 294 g/mol. The fourth-order valence-electron chi connectivity index (χ4n) is 1.92. The number of amides is 1. The van der Waals surface area contributed by atoms with E-state index in [2.05, 4.69) is 10.3 Å². The van der Waals surface area contributed by atoms with E-state index in [1.807, 2.05) is 0 Å². The zero-order valence-corrected chi connectivity index (χ0v) is 11.2. The Kier molecular flexibility index (Phi) is 4.57. The number of carbonyl (C=O) groups excluding carboxylic acids is 1. The molecule has 0 aliphatic carbocycles. The Morgan fingerprint density at radius 3 is 2.38 bits per heavy atom. The zero-order chi connectivity index (χ0) is 15.4. The van der Waals surface area contributed by atoms with Crippen LogP contribution in [0.5, 0.6) is 0 Å². The Morgan fingerprint density at radius 1 is 1.14 bits per heavy atom. The first-order valence-electron chi connectivity index (χ1n) is 6.33. The van der Waals surface area contributed by atoms with E-state index in [1.165, 1.54) is 18.2 Å². The van der Waals surface area contributed by atoms with Crippen molar-refractivity contribution in [2.24, 2.45) is 0 Å². The molecule has 1 aromatic carbocycles. The molecule has 2 aromatic rings. The Morgan fingerprint density at radius 2 is 1.76 bits per heavy atom. The molecule has 2 rings (SSSR count). The van der Waals surface area contributed by atoms with Gasteiger partial charge in [-0.3, -0.25) is 4.79 Å². The van der Waals surface area contributed by atoms with Crippen molar-refractivity contribution in [2.45, 2.75) is 19.4 Å². The third kappa shape index (κ3) is 3.81. The lowest BCUT2D eigenvalue weighted by molar-refractivity contribution is 0.0933. The van der Waals surface area contributed by atoms with Crippen molar-refractivity contribution in [1.82, 2.24) is 10.3 Å². The summed E-state index contributed by atoms with van der Waals surface area (Å²) in [5.74, 6) is -2.70. The molecule has 0 aliphatic rings. The first-order valence-corrected chi connectivity index (χ1v) is 6.33. The van der Waals surface area contributed by atoms with Crippen LogP contribution in [0.3, 0.4) is 0 Å². The van der Waals surface area contributed by atoms with Gasteiger partial charge in [0.25, 0.3) is 5.91 Å². The van der Waals surface area contributed by atoms with Gasteiger partial charge < -0.3 is 5.32 Å². The molecule has 0 spiro atoms. The van der Waals surface area contributed by atoms with Crippen LogP contribution in [-0.2, 0) is 6.42 Å². The fraction of sp³-hybridized carbons (Fsp3) is 0.200. The van der Waals surface area contributed by atoms with Crippen LogP contribution >= 0.6 is 0 Å². The summed E-state index contributed by atoms with van der Waals surface area (Å²) in [7, 11) is 0. The van der Waals surface area contributed by atoms with Gasteiger partial charge in [-0.25, -0.2) is 13.8 Å². The molecule has 0 bridgehead atoms. The van der Waals surface area contributed by atoms with Crippen LogP contribution < -0.4 is 5.32 Å². The molecule has 0 saturated heterocycles. The lowest BCUT2D eigenvalue weighted by Crippen LogP contribution is -2.35. The highest BCUT2D eigenvalue weighted by Gasteiger charge is 2.16. The van der Waals surface area contributed by atoms with Crippen LogP contribution in [0.2, 0.25) is 0 Å². The van der Waals surface area contributed by atoms with E-state index >= 15 is 0 Å². The third-order valence-electron chi connectivity index (χ3n) is 2.90. The average molecular weight is 294 g/mol. The van der Waals surface area contributed by atoms with Crippen molar-refractivity contribution in [3.63, 3.8) is 0 Å². The number of aromatic nitrogens is 1. The number of hydrogen-bond donors (Lipinski definition) is 1. The van der Waals surface area contributed by atoms with E-state index in [-0.39, 0.29) is 17.7 Å². The molecule has 1 unspecified atom stereocenters. The number of halogens is 3. The Labute approximate surface area is 119 Å². The standard InChI is InChI=1S/C15H13F3N2O/c1-9(8-10-11(16)4-2-5-12(10)17)19-15(21)13-6-3-7-14(18)20-13/h2-7,9H,8H2,1H3,(H,19,21). The molecule has 6 heteroatoms. The SMILES string of the molecule is CC(Cc1c(F)cccc1F)NC(=O)c1cccc(F)n1. The molecule has 1 aromatic heterocycles. The van der Waals surface area contributed by atoms with E-state index < -0.39 is 29.5 Å². The van der Waals surface area contributed by atoms with Crippen LogP contribution in [0, 0.1) is 17.6 Å². The van der Waals surface area contributed by atoms with E-state index in [0.29, 0.717) is 0 Å². The molecule has 3 nitrogen and oxygen atoms in total. The first-order chi connectivity index (χ1) is 9.97. The summed E-state index contributed by atoms with van der Waals surface area (Å²) in [6, 6.07) is 6.88. The van der Waals surface area contributed by atoms with Crippen molar-refractivity contribution < 1.29 is 18.0 Å². The molecule has 110 valence electrons. The summed E-state index contributed by atoms with van der Waals surface area (Å²) < 4.78 is 39.9. The van der Waals surface area contributed by atoms with Gasteiger partial charge in [-0.2, -0.15) is 4.39 Å². The Balaban J connectivity index is 2.05. The minimum absolute atomic E-state index is 0.0143. The predicted molar refractivity (Wildman–Crippen MR) is 71.2 cm³/mol. The van der Waals surface area contributed by atoms with Crippen molar-refractivity contribution in [1.29, 1.82) is 0 Å². The van der Waals surface area contributed by atoms with Gasteiger partial charge in [0.05, 0.1) is 0 Å². The first kappa shape index (κ1) is 15.0. The minimum atomic E-state index is -0.768. The number of nitrogens with one attached hydrogen (secondary N) is 1. The molecule has 0 fully saturated rings. The molecule has 1 N–H and O–H groups in total. The van der Waals surface area contributed by atoms with Gasteiger partial charge in [0.1, 0.15) is 17.3 Å². The molecule has 0 radical (unpaired) electrons. The highest BCUT2D eigenvalue weighted by atomic mass is 19.1. The molecule has 1 amide bonds. The maximum absolute atomic E-state index is 13.5. The van der Waals surface area contributed by atoms with E-state index in [0.717, 1.165) is 18.2 Å². The van der Waals surface area contributed by atoms with Crippen molar-refractivity contribution in [3.8, 4) is 0 Å². The third-order valence-corrected chi connectivity index (χ3v) is 2.90. The maximum Gasteiger partial charge on any atom is 0.270 e. The molecule has 21 heavy (non-hydrogen) atoms. The topological polar surface area (TPSA) is 42.0 Å². The molecular formula is C15H13F3N2O. The summed E-state index contributed by atoms with van der Waals surface area (Å²) in [4.78, 5) is 15.3. The lowest BCUT2D eigenvalue weighted by Gasteiger charge is -2.14. The van der Waals surface area contributed by atoms with Crippen LogP contribution in [-0.4, -0.2) is 16.9 Å². The van der Waals surface area contributed by atoms with E-state index in [1.54, 1.807) is 6.92 Å². The van der Waals surface area contributed by atoms with Gasteiger partial charge in [0, 0.05) is 11.6 Å². The maximum atomic E-state index is 13.5. The second-order valence-corrected chi connectivity index (χ2v) is 4.62. The normalized spacial score (nSPS) is 12.0. The van der Waals surface area contributed by atoms with Crippen LogP contribution in [0.4, 0.5) is 13.2 Å². The fourth-order valence-corrected chi connectivity index (χ4v) is 1.92. The van der Waals surface area contributed by atoms with Crippen molar-refractivity contribution in [2.75, 3.05) is 0 Å². The highest BCUT2D eigenvalue weighted by Crippen LogP contribution is 2.14. The van der Waals surface area contributed by atoms with Gasteiger partial charge in [0.15, 0.2) is 0 Å². The molecule has 1 heterocycles. The molecule has 0 saturated carbocycles. The largest absolute Gasteiger partial charge is 0.348 e. The second kappa shape index (κ2) is 6.39. The summed E-state index contributed by atoms with van der Waals surface area (Å²) in [6.45, 7) is 1.60. The van der Waals surface area contributed by atoms with Crippen molar-refractivity contribution >= 4 is 5.91 Å². The number of rotatable bonds is 4. The number of benzene rings is 1. The zero-order valence-electron chi connectivity index (χ0n) is 11.2. The summed E-state index contributed by atoms with van der Waals surface area (Å²) >= 11 is 0.